The van der Waals surface area contributed by atoms with E-state index in [0.29, 0.717) is 6.42 Å². The minimum absolute atomic E-state index is 0.0531. The van der Waals surface area contributed by atoms with Crippen molar-refractivity contribution < 1.29 is 24.4 Å². The first-order valence-electron chi connectivity index (χ1n) is 7.81. The van der Waals surface area contributed by atoms with Crippen molar-refractivity contribution in [2.24, 2.45) is 17.8 Å². The van der Waals surface area contributed by atoms with Gasteiger partial charge in [0.2, 0.25) is 17.7 Å². The van der Waals surface area contributed by atoms with Crippen molar-refractivity contribution in [2.75, 3.05) is 13.7 Å². The molecule has 2 atom stereocenters. The summed E-state index contributed by atoms with van der Waals surface area (Å²) in [7, 11) is 1.51. The van der Waals surface area contributed by atoms with Gasteiger partial charge < -0.3 is 5.32 Å². The average molecular weight is 363 g/mol. The molecule has 0 aliphatic carbocycles. The molecule has 9 heteroatoms. The van der Waals surface area contributed by atoms with Crippen LogP contribution in [0.5, 0.6) is 0 Å². The molecule has 0 aliphatic rings. The Kier molecular flexibility index (Phi) is 9.95. The predicted molar refractivity (Wildman–Crippen MR) is 92.2 cm³/mol. The molecule has 24 heavy (non-hydrogen) atoms. The van der Waals surface area contributed by atoms with Gasteiger partial charge in [-0.05, 0) is 12.3 Å². The highest BCUT2D eigenvalue weighted by molar-refractivity contribution is 7.81. The van der Waals surface area contributed by atoms with E-state index in [1.54, 1.807) is 13.8 Å². The molecule has 0 radical (unpaired) electrons. The second kappa shape index (κ2) is 10.5. The van der Waals surface area contributed by atoms with Crippen molar-refractivity contribution in [2.45, 2.75) is 45.3 Å². The molecule has 0 aromatic heterocycles. The lowest BCUT2D eigenvalue weighted by molar-refractivity contribution is -0.145. The zero-order chi connectivity index (χ0) is 18.9. The van der Waals surface area contributed by atoms with Gasteiger partial charge >= 0.3 is 0 Å². The highest BCUT2D eigenvalue weighted by Gasteiger charge is 2.32. The Labute approximate surface area is 148 Å². The number of rotatable bonds is 10. The van der Waals surface area contributed by atoms with Crippen LogP contribution in [0, 0.1) is 17.8 Å². The molecule has 3 amide bonds. The molecule has 0 aromatic carbocycles. The molecule has 0 saturated heterocycles. The Morgan fingerprint density at radius 2 is 1.79 bits per heavy atom. The van der Waals surface area contributed by atoms with E-state index in [0.717, 1.165) is 0 Å². The third-order valence-corrected chi connectivity index (χ3v) is 3.83. The molecule has 0 aromatic rings. The van der Waals surface area contributed by atoms with Crippen LogP contribution >= 0.6 is 12.6 Å². The Bertz CT molecular complexity index is 437. The van der Waals surface area contributed by atoms with Crippen molar-refractivity contribution in [3.63, 3.8) is 0 Å². The van der Waals surface area contributed by atoms with Crippen molar-refractivity contribution in [1.29, 1.82) is 0 Å². The minimum Gasteiger partial charge on any atom is -0.359 e. The summed E-state index contributed by atoms with van der Waals surface area (Å²) in [6, 6.07) is 0. The molecule has 0 aliphatic heterocycles. The van der Waals surface area contributed by atoms with E-state index in [4.69, 9.17) is 10.0 Å². The number of hydrogen-bond donors (Lipinski definition) is 5. The number of amides is 3. The summed E-state index contributed by atoms with van der Waals surface area (Å²) in [6.45, 7) is 7.33. The zero-order valence-electron chi connectivity index (χ0n) is 14.9. The molecule has 0 fully saturated rings. The van der Waals surface area contributed by atoms with Crippen LogP contribution in [0.25, 0.3) is 0 Å². The number of hydroxylamine groups is 2. The smallest absolute Gasteiger partial charge is 0.247 e. The molecule has 2 unspecified atom stereocenters. The molecule has 0 saturated carbocycles. The second-order valence-corrected chi connectivity index (χ2v) is 7.82. The van der Waals surface area contributed by atoms with E-state index in [1.807, 2.05) is 13.8 Å². The van der Waals surface area contributed by atoms with Gasteiger partial charge in [-0.25, -0.2) is 11.0 Å². The van der Waals surface area contributed by atoms with Crippen LogP contribution in [0.15, 0.2) is 0 Å². The molecule has 4 N–H and O–H groups in total. The van der Waals surface area contributed by atoms with Gasteiger partial charge in [-0.2, -0.15) is 12.6 Å². The van der Waals surface area contributed by atoms with Gasteiger partial charge in [0.05, 0.1) is 12.5 Å². The molecule has 0 rings (SSSR count). The molecule has 140 valence electrons. The summed E-state index contributed by atoms with van der Waals surface area (Å²) in [5.74, 6) is -2.39. The zero-order valence-corrected chi connectivity index (χ0v) is 15.8. The molecule has 8 nitrogen and oxygen atoms in total. The first-order valence-corrected chi connectivity index (χ1v) is 8.26. The lowest BCUT2D eigenvalue weighted by Gasteiger charge is -2.28. The monoisotopic (exact) mass is 363 g/mol. The van der Waals surface area contributed by atoms with Crippen LogP contribution in [0.4, 0.5) is 0 Å². The van der Waals surface area contributed by atoms with Crippen molar-refractivity contribution in [3.8, 4) is 0 Å². The summed E-state index contributed by atoms with van der Waals surface area (Å²) >= 11 is 4.38. The standard InChI is InChI=1S/C15H29N3O5S/c1-9(2)6-10(7-12(19)17-22)13(20)18-23-8-11(14(21)16-5)15(3,4)24/h9-11,22,24H,6-8H2,1-5H3,(H,16,21)(H,17,19)(H,18,20). The Morgan fingerprint density at radius 1 is 1.21 bits per heavy atom. The molecule has 0 bridgehead atoms. The molecular weight excluding hydrogens is 334 g/mol. The third-order valence-electron chi connectivity index (χ3n) is 3.52. The normalized spacial score (nSPS) is 14.0. The van der Waals surface area contributed by atoms with E-state index >= 15 is 0 Å². The number of hydrogen-bond acceptors (Lipinski definition) is 6. The molecular formula is C15H29N3O5S. The van der Waals surface area contributed by atoms with Gasteiger partial charge in [0.25, 0.3) is 0 Å². The van der Waals surface area contributed by atoms with Crippen LogP contribution in [-0.2, 0) is 19.2 Å². The number of thiol groups is 1. The van der Waals surface area contributed by atoms with Crippen LogP contribution in [0.2, 0.25) is 0 Å². The van der Waals surface area contributed by atoms with Crippen LogP contribution < -0.4 is 16.3 Å². The van der Waals surface area contributed by atoms with Crippen LogP contribution in [-0.4, -0.2) is 41.3 Å². The summed E-state index contributed by atoms with van der Waals surface area (Å²) in [5, 5.41) is 11.1. The van der Waals surface area contributed by atoms with Crippen molar-refractivity contribution >= 4 is 30.4 Å². The summed E-state index contributed by atoms with van der Waals surface area (Å²) < 4.78 is -0.640. The topological polar surface area (TPSA) is 117 Å². The maximum Gasteiger partial charge on any atom is 0.247 e. The predicted octanol–water partition coefficient (Wildman–Crippen LogP) is 0.663. The van der Waals surface area contributed by atoms with E-state index < -0.39 is 28.4 Å². The van der Waals surface area contributed by atoms with Crippen LogP contribution in [0.3, 0.4) is 0 Å². The summed E-state index contributed by atoms with van der Waals surface area (Å²) in [5.41, 5.74) is 3.80. The highest BCUT2D eigenvalue weighted by Crippen LogP contribution is 2.24. The van der Waals surface area contributed by atoms with E-state index in [1.165, 1.54) is 12.5 Å². The first kappa shape index (κ1) is 22.7. The van der Waals surface area contributed by atoms with Crippen molar-refractivity contribution in [3.05, 3.63) is 0 Å². The lowest BCUT2D eigenvalue weighted by atomic mass is 9.93. The van der Waals surface area contributed by atoms with E-state index in [2.05, 4.69) is 23.4 Å². The number of carbonyl (C=O) groups excluding carboxylic acids is 3. The maximum absolute atomic E-state index is 12.2. The summed E-state index contributed by atoms with van der Waals surface area (Å²) in [4.78, 5) is 40.5. The highest BCUT2D eigenvalue weighted by atomic mass is 32.1. The Hall–Kier alpha value is -1.32. The van der Waals surface area contributed by atoms with E-state index in [9.17, 15) is 14.4 Å². The number of carbonyl (C=O) groups is 3. The lowest BCUT2D eigenvalue weighted by Crippen LogP contribution is -2.44. The Morgan fingerprint density at radius 3 is 2.21 bits per heavy atom. The molecule has 0 heterocycles. The van der Waals surface area contributed by atoms with Crippen molar-refractivity contribution in [1.82, 2.24) is 16.3 Å². The average Bonchev–Trinajstić information content (AvgIpc) is 2.47. The first-order chi connectivity index (χ1) is 11.0. The maximum atomic E-state index is 12.2. The fourth-order valence-electron chi connectivity index (χ4n) is 2.18. The third kappa shape index (κ3) is 8.51. The van der Waals surface area contributed by atoms with Gasteiger partial charge in [0, 0.05) is 24.1 Å². The van der Waals surface area contributed by atoms with Gasteiger partial charge in [0.1, 0.15) is 0 Å². The van der Waals surface area contributed by atoms with Gasteiger partial charge in [-0.3, -0.25) is 24.4 Å². The fraction of sp³-hybridized carbons (Fsp3) is 0.800. The SMILES string of the molecule is CNC(=O)C(CONC(=O)C(CC(=O)NO)CC(C)C)C(C)(C)S. The fourth-order valence-corrected chi connectivity index (χ4v) is 2.37. The van der Waals surface area contributed by atoms with E-state index in [-0.39, 0.29) is 24.9 Å². The Balaban J connectivity index is 4.70. The van der Waals surface area contributed by atoms with Crippen LogP contribution in [0.1, 0.15) is 40.5 Å². The second-order valence-electron chi connectivity index (χ2n) is 6.66. The quantitative estimate of drug-likeness (QED) is 0.222. The number of nitrogens with one attached hydrogen (secondary N) is 3. The van der Waals surface area contributed by atoms with Gasteiger partial charge in [-0.1, -0.05) is 27.7 Å². The summed E-state index contributed by atoms with van der Waals surface area (Å²) in [6.07, 6.45) is 0.306. The van der Waals surface area contributed by atoms with Gasteiger partial charge in [0.15, 0.2) is 0 Å². The van der Waals surface area contributed by atoms with Gasteiger partial charge in [-0.15, -0.1) is 0 Å². The molecule has 0 spiro atoms. The minimum atomic E-state index is -0.643. The largest absolute Gasteiger partial charge is 0.359 e.